The molecule has 1 aliphatic heterocycles. The van der Waals surface area contributed by atoms with Crippen LogP contribution in [0, 0.1) is 0 Å². The number of rotatable bonds is 3. The normalized spacial score (nSPS) is 19.1. The van der Waals surface area contributed by atoms with E-state index in [1.807, 2.05) is 18.2 Å². The number of thioether (sulfide) groups is 1. The molecular weight excluding hydrogens is 326 g/mol. The standard InChI is InChI=1S/C17H15N3O3S/c1-17(16(23)20-12-7-2-3-8-13(12)24-17)15(22)19-11-6-4-5-10(9-11)14(18)21/h2-9H,1H3,(H2,18,21)(H,19,22)(H,20,23). The van der Waals surface area contributed by atoms with Crippen LogP contribution in [0.4, 0.5) is 11.4 Å². The van der Waals surface area contributed by atoms with Gasteiger partial charge < -0.3 is 16.4 Å². The van der Waals surface area contributed by atoms with Gasteiger partial charge in [0.2, 0.25) is 17.7 Å². The second-order valence-corrected chi connectivity index (χ2v) is 6.95. The third-order valence-corrected chi connectivity index (χ3v) is 5.08. The van der Waals surface area contributed by atoms with Crippen LogP contribution < -0.4 is 16.4 Å². The average Bonchev–Trinajstić information content (AvgIpc) is 2.56. The number of hydrogen-bond acceptors (Lipinski definition) is 4. The molecule has 3 rings (SSSR count). The van der Waals surface area contributed by atoms with Crippen LogP contribution in [0.25, 0.3) is 0 Å². The van der Waals surface area contributed by atoms with Gasteiger partial charge in [0, 0.05) is 16.1 Å². The van der Waals surface area contributed by atoms with Gasteiger partial charge in [0.1, 0.15) is 0 Å². The van der Waals surface area contributed by atoms with E-state index in [4.69, 9.17) is 5.73 Å². The molecule has 122 valence electrons. The predicted octanol–water partition coefficient (Wildman–Crippen LogP) is 2.23. The number of nitrogens with one attached hydrogen (secondary N) is 2. The van der Waals surface area contributed by atoms with Gasteiger partial charge in [0.05, 0.1) is 5.69 Å². The predicted molar refractivity (Wildman–Crippen MR) is 92.9 cm³/mol. The quantitative estimate of drug-likeness (QED) is 0.745. The molecule has 1 atom stereocenters. The first-order valence-electron chi connectivity index (χ1n) is 7.21. The highest BCUT2D eigenvalue weighted by molar-refractivity contribution is 8.02. The zero-order chi connectivity index (χ0) is 17.3. The Kier molecular flexibility index (Phi) is 4.02. The molecule has 2 aromatic carbocycles. The summed E-state index contributed by atoms with van der Waals surface area (Å²) in [5.41, 5.74) is 6.61. The van der Waals surface area contributed by atoms with E-state index >= 15 is 0 Å². The first kappa shape index (κ1) is 16.1. The van der Waals surface area contributed by atoms with Crippen molar-refractivity contribution < 1.29 is 14.4 Å². The van der Waals surface area contributed by atoms with Crippen molar-refractivity contribution in [2.24, 2.45) is 5.73 Å². The van der Waals surface area contributed by atoms with Gasteiger partial charge in [-0.25, -0.2) is 0 Å². The first-order chi connectivity index (χ1) is 11.4. The summed E-state index contributed by atoms with van der Waals surface area (Å²) in [4.78, 5) is 37.2. The fraction of sp³-hybridized carbons (Fsp3) is 0.118. The maximum absolute atomic E-state index is 12.7. The minimum Gasteiger partial charge on any atom is -0.366 e. The summed E-state index contributed by atoms with van der Waals surface area (Å²) in [5.74, 6) is -1.45. The summed E-state index contributed by atoms with van der Waals surface area (Å²) in [7, 11) is 0. The molecule has 7 heteroatoms. The summed E-state index contributed by atoms with van der Waals surface area (Å²) in [6.07, 6.45) is 0. The van der Waals surface area contributed by atoms with Crippen molar-refractivity contribution in [1.29, 1.82) is 0 Å². The minimum absolute atomic E-state index is 0.282. The number of nitrogens with two attached hydrogens (primary N) is 1. The lowest BCUT2D eigenvalue weighted by molar-refractivity contribution is -0.126. The van der Waals surface area contributed by atoms with Gasteiger partial charge in [-0.2, -0.15) is 0 Å². The lowest BCUT2D eigenvalue weighted by Gasteiger charge is -2.31. The summed E-state index contributed by atoms with van der Waals surface area (Å²) in [6, 6.07) is 13.6. The fourth-order valence-electron chi connectivity index (χ4n) is 2.32. The van der Waals surface area contributed by atoms with Gasteiger partial charge >= 0.3 is 0 Å². The highest BCUT2D eigenvalue weighted by Crippen LogP contribution is 2.42. The number of carbonyl (C=O) groups is 3. The highest BCUT2D eigenvalue weighted by Gasteiger charge is 2.45. The number of carbonyl (C=O) groups excluding carboxylic acids is 3. The van der Waals surface area contributed by atoms with Crippen LogP contribution in [0.2, 0.25) is 0 Å². The number of benzene rings is 2. The second-order valence-electron chi connectivity index (χ2n) is 5.48. The maximum Gasteiger partial charge on any atom is 0.250 e. The minimum atomic E-state index is -1.32. The molecule has 0 bridgehead atoms. The lowest BCUT2D eigenvalue weighted by atomic mass is 10.1. The number of primary amides is 1. The smallest absolute Gasteiger partial charge is 0.250 e. The van der Waals surface area contributed by atoms with E-state index in [0.717, 1.165) is 4.90 Å². The monoisotopic (exact) mass is 341 g/mol. The molecule has 0 aliphatic carbocycles. The molecule has 0 spiro atoms. The van der Waals surface area contributed by atoms with Crippen molar-refractivity contribution in [3.8, 4) is 0 Å². The fourth-order valence-corrected chi connectivity index (χ4v) is 3.42. The first-order valence-corrected chi connectivity index (χ1v) is 8.02. The lowest BCUT2D eigenvalue weighted by Crippen LogP contribution is -2.49. The molecule has 4 N–H and O–H groups in total. The Bertz CT molecular complexity index is 852. The summed E-state index contributed by atoms with van der Waals surface area (Å²) in [6.45, 7) is 1.57. The van der Waals surface area contributed by atoms with Crippen molar-refractivity contribution in [3.63, 3.8) is 0 Å². The molecule has 24 heavy (non-hydrogen) atoms. The van der Waals surface area contributed by atoms with Crippen LogP contribution in [0.15, 0.2) is 53.4 Å². The Morgan fingerprint density at radius 3 is 2.67 bits per heavy atom. The Labute approximate surface area is 142 Å². The van der Waals surface area contributed by atoms with Gasteiger partial charge in [-0.05, 0) is 37.3 Å². The molecule has 2 aromatic rings. The topological polar surface area (TPSA) is 101 Å². The van der Waals surface area contributed by atoms with Crippen LogP contribution in [0.5, 0.6) is 0 Å². The zero-order valence-electron chi connectivity index (χ0n) is 12.8. The van der Waals surface area contributed by atoms with Crippen LogP contribution >= 0.6 is 11.8 Å². The molecule has 1 unspecified atom stereocenters. The Morgan fingerprint density at radius 2 is 1.92 bits per heavy atom. The average molecular weight is 341 g/mol. The number of fused-ring (bicyclic) bond motifs is 1. The molecule has 0 radical (unpaired) electrons. The summed E-state index contributed by atoms with van der Waals surface area (Å²) in [5, 5.41) is 5.43. The van der Waals surface area contributed by atoms with E-state index in [2.05, 4.69) is 10.6 Å². The largest absolute Gasteiger partial charge is 0.366 e. The third-order valence-electron chi connectivity index (χ3n) is 3.72. The maximum atomic E-state index is 12.7. The molecule has 0 fully saturated rings. The Morgan fingerprint density at radius 1 is 1.17 bits per heavy atom. The Hall–Kier alpha value is -2.80. The van der Waals surface area contributed by atoms with Gasteiger partial charge in [-0.15, -0.1) is 0 Å². The van der Waals surface area contributed by atoms with Crippen molar-refractivity contribution in [3.05, 3.63) is 54.1 Å². The van der Waals surface area contributed by atoms with Crippen LogP contribution in [0.1, 0.15) is 17.3 Å². The van der Waals surface area contributed by atoms with Crippen molar-refractivity contribution in [2.75, 3.05) is 10.6 Å². The Balaban J connectivity index is 1.85. The van der Waals surface area contributed by atoms with Crippen LogP contribution in [-0.4, -0.2) is 22.5 Å². The van der Waals surface area contributed by atoms with E-state index in [1.165, 1.54) is 17.8 Å². The van der Waals surface area contributed by atoms with E-state index in [0.29, 0.717) is 11.4 Å². The molecule has 0 saturated carbocycles. The van der Waals surface area contributed by atoms with Crippen molar-refractivity contribution >= 4 is 40.9 Å². The van der Waals surface area contributed by atoms with Crippen molar-refractivity contribution in [1.82, 2.24) is 0 Å². The highest BCUT2D eigenvalue weighted by atomic mass is 32.2. The van der Waals surface area contributed by atoms with Crippen LogP contribution in [0.3, 0.4) is 0 Å². The number of amides is 3. The van der Waals surface area contributed by atoms with Gasteiger partial charge in [0.25, 0.3) is 0 Å². The van der Waals surface area contributed by atoms with Gasteiger partial charge in [-0.1, -0.05) is 30.0 Å². The zero-order valence-corrected chi connectivity index (χ0v) is 13.6. The number of para-hydroxylation sites is 1. The molecule has 0 aromatic heterocycles. The molecule has 1 aliphatic rings. The van der Waals surface area contributed by atoms with E-state index in [-0.39, 0.29) is 5.56 Å². The molecule has 6 nitrogen and oxygen atoms in total. The van der Waals surface area contributed by atoms with Gasteiger partial charge in [-0.3, -0.25) is 14.4 Å². The molecular formula is C17H15N3O3S. The third kappa shape index (κ3) is 2.85. The van der Waals surface area contributed by atoms with E-state index in [9.17, 15) is 14.4 Å². The summed E-state index contributed by atoms with van der Waals surface area (Å²) < 4.78 is -1.32. The number of anilines is 2. The van der Waals surface area contributed by atoms with Gasteiger partial charge in [0.15, 0.2) is 4.75 Å². The molecule has 1 heterocycles. The van der Waals surface area contributed by atoms with Crippen molar-refractivity contribution in [2.45, 2.75) is 16.6 Å². The van der Waals surface area contributed by atoms with E-state index < -0.39 is 22.5 Å². The number of hydrogen-bond donors (Lipinski definition) is 3. The molecule has 3 amide bonds. The molecule has 0 saturated heterocycles. The van der Waals surface area contributed by atoms with Crippen LogP contribution in [-0.2, 0) is 9.59 Å². The summed E-state index contributed by atoms with van der Waals surface area (Å²) >= 11 is 1.19. The van der Waals surface area contributed by atoms with E-state index in [1.54, 1.807) is 31.2 Å². The SMILES string of the molecule is CC1(C(=O)Nc2cccc(C(N)=O)c2)Sc2ccccc2NC1=O. The second kappa shape index (κ2) is 6.01.